The second-order valence-electron chi connectivity index (χ2n) is 5.15. The van der Waals surface area contributed by atoms with Crippen molar-refractivity contribution in [3.63, 3.8) is 0 Å². The number of aryl methyl sites for hydroxylation is 2. The summed E-state index contributed by atoms with van der Waals surface area (Å²) < 4.78 is 0. The number of nitrogens with zero attached hydrogens (tertiary/aromatic N) is 3. The van der Waals surface area contributed by atoms with Gasteiger partial charge in [0.05, 0.1) is 11.2 Å². The van der Waals surface area contributed by atoms with Crippen LogP contribution < -0.4 is 0 Å². The Morgan fingerprint density at radius 2 is 1.90 bits per heavy atom. The number of pyridine rings is 1. The predicted molar refractivity (Wildman–Crippen MR) is 87.6 cm³/mol. The third-order valence-electron chi connectivity index (χ3n) is 3.68. The maximum atomic E-state index is 4.61. The van der Waals surface area contributed by atoms with E-state index in [-0.39, 0.29) is 0 Å². The number of rotatable bonds is 1. The summed E-state index contributed by atoms with van der Waals surface area (Å²) in [4.78, 5) is 14.6. The molecule has 0 spiro atoms. The normalized spacial score (nSPS) is 11.3. The van der Waals surface area contributed by atoms with Crippen LogP contribution in [-0.2, 0) is 0 Å². The maximum Gasteiger partial charge on any atom is 0.127 e. The molecule has 4 heteroatoms. The second-order valence-corrected chi connectivity index (χ2v) is 6.00. The molecule has 4 rings (SSSR count). The van der Waals surface area contributed by atoms with E-state index in [4.69, 9.17) is 0 Å². The Kier molecular flexibility index (Phi) is 2.72. The van der Waals surface area contributed by atoms with Crippen molar-refractivity contribution in [2.75, 3.05) is 0 Å². The summed E-state index contributed by atoms with van der Waals surface area (Å²) in [5, 5.41) is 4.42. The first-order valence-electron chi connectivity index (χ1n) is 6.79. The number of benzene rings is 1. The summed E-state index contributed by atoms with van der Waals surface area (Å²) in [6.07, 6.45) is 1.65. The van der Waals surface area contributed by atoms with Gasteiger partial charge in [-0.1, -0.05) is 18.2 Å². The quantitative estimate of drug-likeness (QED) is 0.517. The lowest BCUT2D eigenvalue weighted by Gasteiger charge is -2.08. The number of fused-ring (bicyclic) bond motifs is 2. The molecular weight excluding hydrogens is 278 g/mol. The Morgan fingerprint density at radius 3 is 2.81 bits per heavy atom. The smallest absolute Gasteiger partial charge is 0.127 e. The van der Waals surface area contributed by atoms with Crippen LogP contribution in [0.4, 0.5) is 0 Å². The molecule has 4 aromatic rings. The van der Waals surface area contributed by atoms with Crippen molar-refractivity contribution in [1.82, 2.24) is 15.0 Å². The van der Waals surface area contributed by atoms with Gasteiger partial charge in [-0.15, -0.1) is 11.3 Å². The molecule has 0 unspecified atom stereocenters. The molecule has 3 aromatic heterocycles. The highest BCUT2D eigenvalue weighted by Crippen LogP contribution is 2.34. The molecule has 0 amide bonds. The van der Waals surface area contributed by atoms with Crippen LogP contribution in [0.5, 0.6) is 0 Å². The van der Waals surface area contributed by atoms with E-state index in [9.17, 15) is 0 Å². The maximum absolute atomic E-state index is 4.61. The van der Waals surface area contributed by atoms with Crippen molar-refractivity contribution in [2.45, 2.75) is 13.8 Å². The van der Waals surface area contributed by atoms with Gasteiger partial charge in [0.15, 0.2) is 0 Å². The fourth-order valence-corrected chi connectivity index (χ4v) is 3.57. The Labute approximate surface area is 126 Å². The van der Waals surface area contributed by atoms with Crippen LogP contribution in [-0.4, -0.2) is 15.0 Å². The van der Waals surface area contributed by atoms with Gasteiger partial charge in [0, 0.05) is 22.0 Å². The molecule has 0 bridgehead atoms. The summed E-state index contributed by atoms with van der Waals surface area (Å²) in [6, 6.07) is 10.4. The molecule has 0 atom stereocenters. The summed E-state index contributed by atoms with van der Waals surface area (Å²) in [7, 11) is 0. The average Bonchev–Trinajstić information content (AvgIpc) is 2.88. The molecule has 0 fully saturated rings. The standard InChI is InChI=1S/C17H13N3S/c1-10-8-21-17-15(10)16(18-9-19-17)13-4-3-5-14-12(13)7-6-11(2)20-14/h3-9H,1-2H3. The van der Waals surface area contributed by atoms with Crippen LogP contribution in [0.3, 0.4) is 0 Å². The van der Waals surface area contributed by atoms with Gasteiger partial charge in [-0.25, -0.2) is 9.97 Å². The highest BCUT2D eigenvalue weighted by atomic mass is 32.1. The lowest BCUT2D eigenvalue weighted by atomic mass is 10.0. The van der Waals surface area contributed by atoms with Gasteiger partial charge >= 0.3 is 0 Å². The zero-order chi connectivity index (χ0) is 14.4. The van der Waals surface area contributed by atoms with Gasteiger partial charge in [0.2, 0.25) is 0 Å². The molecule has 0 aliphatic carbocycles. The van der Waals surface area contributed by atoms with Crippen LogP contribution in [0, 0.1) is 13.8 Å². The lowest BCUT2D eigenvalue weighted by Crippen LogP contribution is -1.91. The van der Waals surface area contributed by atoms with Crippen LogP contribution in [0.25, 0.3) is 32.4 Å². The van der Waals surface area contributed by atoms with E-state index in [0.717, 1.165) is 38.1 Å². The van der Waals surface area contributed by atoms with Crippen LogP contribution in [0.15, 0.2) is 42.0 Å². The molecular formula is C17H13N3S. The monoisotopic (exact) mass is 291 g/mol. The van der Waals surface area contributed by atoms with Crippen LogP contribution in [0.1, 0.15) is 11.3 Å². The van der Waals surface area contributed by atoms with E-state index < -0.39 is 0 Å². The highest BCUT2D eigenvalue weighted by molar-refractivity contribution is 7.17. The summed E-state index contributed by atoms with van der Waals surface area (Å²) >= 11 is 1.66. The molecule has 21 heavy (non-hydrogen) atoms. The van der Waals surface area contributed by atoms with Crippen molar-refractivity contribution in [2.24, 2.45) is 0 Å². The zero-order valence-corrected chi connectivity index (χ0v) is 12.6. The molecule has 3 heterocycles. The van der Waals surface area contributed by atoms with Crippen molar-refractivity contribution in [3.8, 4) is 11.3 Å². The van der Waals surface area contributed by atoms with Gasteiger partial charge in [0.1, 0.15) is 11.2 Å². The largest absolute Gasteiger partial charge is 0.253 e. The SMILES string of the molecule is Cc1ccc2c(-c3ncnc4scc(C)c34)cccc2n1. The third kappa shape index (κ3) is 1.91. The molecule has 0 N–H and O–H groups in total. The molecule has 1 aromatic carbocycles. The predicted octanol–water partition coefficient (Wildman–Crippen LogP) is 4.52. The number of thiophene rings is 1. The summed E-state index contributed by atoms with van der Waals surface area (Å²) in [5.41, 5.74) is 5.37. The van der Waals surface area contributed by atoms with Gasteiger partial charge in [0.25, 0.3) is 0 Å². The summed E-state index contributed by atoms with van der Waals surface area (Å²) in [5.74, 6) is 0. The van der Waals surface area contributed by atoms with E-state index in [1.165, 1.54) is 5.56 Å². The molecule has 0 saturated heterocycles. The second kappa shape index (κ2) is 4.60. The Morgan fingerprint density at radius 1 is 1.00 bits per heavy atom. The van der Waals surface area contributed by atoms with Crippen LogP contribution >= 0.6 is 11.3 Å². The van der Waals surface area contributed by atoms with E-state index >= 15 is 0 Å². The van der Waals surface area contributed by atoms with E-state index in [0.29, 0.717) is 0 Å². The molecule has 102 valence electrons. The topological polar surface area (TPSA) is 38.7 Å². The highest BCUT2D eigenvalue weighted by Gasteiger charge is 2.13. The fourth-order valence-electron chi connectivity index (χ4n) is 2.68. The minimum atomic E-state index is 0.995. The van der Waals surface area contributed by atoms with E-state index in [1.54, 1.807) is 17.7 Å². The number of aromatic nitrogens is 3. The van der Waals surface area contributed by atoms with Gasteiger partial charge in [-0.2, -0.15) is 0 Å². The Bertz CT molecular complexity index is 972. The first kappa shape index (κ1) is 12.4. The lowest BCUT2D eigenvalue weighted by molar-refractivity contribution is 1.23. The minimum absolute atomic E-state index is 0.995. The summed E-state index contributed by atoms with van der Waals surface area (Å²) in [6.45, 7) is 4.12. The van der Waals surface area contributed by atoms with E-state index in [1.807, 2.05) is 25.1 Å². The fraction of sp³-hybridized carbons (Fsp3) is 0.118. The van der Waals surface area contributed by atoms with Crippen molar-refractivity contribution >= 4 is 32.5 Å². The average molecular weight is 291 g/mol. The van der Waals surface area contributed by atoms with E-state index in [2.05, 4.69) is 39.4 Å². The molecule has 0 saturated carbocycles. The van der Waals surface area contributed by atoms with Crippen LogP contribution in [0.2, 0.25) is 0 Å². The molecule has 0 aliphatic heterocycles. The molecule has 0 aliphatic rings. The first-order valence-corrected chi connectivity index (χ1v) is 7.67. The number of hydrogen-bond acceptors (Lipinski definition) is 4. The third-order valence-corrected chi connectivity index (χ3v) is 4.68. The van der Waals surface area contributed by atoms with Gasteiger partial charge in [-0.05, 0) is 36.9 Å². The molecule has 3 nitrogen and oxygen atoms in total. The first-order chi connectivity index (χ1) is 10.2. The Hall–Kier alpha value is -2.33. The Balaban J connectivity index is 2.12. The molecule has 0 radical (unpaired) electrons. The van der Waals surface area contributed by atoms with Crippen molar-refractivity contribution in [3.05, 3.63) is 53.3 Å². The zero-order valence-electron chi connectivity index (χ0n) is 11.8. The van der Waals surface area contributed by atoms with Gasteiger partial charge < -0.3 is 0 Å². The van der Waals surface area contributed by atoms with Crippen molar-refractivity contribution in [1.29, 1.82) is 0 Å². The number of hydrogen-bond donors (Lipinski definition) is 0. The minimum Gasteiger partial charge on any atom is -0.253 e. The van der Waals surface area contributed by atoms with Gasteiger partial charge in [-0.3, -0.25) is 4.98 Å². The van der Waals surface area contributed by atoms with Crippen molar-refractivity contribution < 1.29 is 0 Å².